The van der Waals surface area contributed by atoms with Crippen LogP contribution >= 0.6 is 11.3 Å². The van der Waals surface area contributed by atoms with Crippen LogP contribution in [0.5, 0.6) is 0 Å². The summed E-state index contributed by atoms with van der Waals surface area (Å²) >= 11 is 1.81. The Hall–Kier alpha value is -2.68. The molecular weight excluding hydrogens is 408 g/mol. The van der Waals surface area contributed by atoms with Crippen LogP contribution < -0.4 is 10.6 Å². The van der Waals surface area contributed by atoms with Crippen LogP contribution in [0.3, 0.4) is 0 Å². The maximum Gasteiger partial charge on any atom is 0.191 e. The first-order chi connectivity index (χ1) is 15.3. The van der Waals surface area contributed by atoms with E-state index >= 15 is 0 Å². The molecule has 1 aliphatic rings. The van der Waals surface area contributed by atoms with Crippen LogP contribution in [0.15, 0.2) is 65.1 Å². The first-order valence-electron chi connectivity index (χ1n) is 10.8. The van der Waals surface area contributed by atoms with Crippen molar-refractivity contribution in [3.05, 3.63) is 70.7 Å². The maximum atomic E-state index is 5.55. The molecule has 1 unspecified atom stereocenters. The smallest absolute Gasteiger partial charge is 0.191 e. The van der Waals surface area contributed by atoms with Crippen LogP contribution in [0.2, 0.25) is 0 Å². The summed E-state index contributed by atoms with van der Waals surface area (Å²) in [6, 6.07) is 16.8. The predicted molar refractivity (Wildman–Crippen MR) is 126 cm³/mol. The third kappa shape index (κ3) is 5.94. The molecule has 2 N–H and O–H groups in total. The molecule has 1 atom stereocenters. The standard InChI is InChI=1S/C23H30N6OS/c1-2-24-23(25-17-19-10-11-29(27-19)20-7-4-3-5-8-20)26-18-21(22-9-6-16-31-22)28-12-14-30-15-13-28/h3-11,16,21H,2,12-15,17-18H2,1H3,(H2,24,25,26). The van der Waals surface area contributed by atoms with E-state index < -0.39 is 0 Å². The van der Waals surface area contributed by atoms with Gasteiger partial charge in [0.05, 0.1) is 37.2 Å². The van der Waals surface area contributed by atoms with Gasteiger partial charge in [-0.25, -0.2) is 9.67 Å². The second kappa shape index (κ2) is 11.1. The molecule has 3 heterocycles. The molecule has 0 saturated carbocycles. The van der Waals surface area contributed by atoms with Gasteiger partial charge in [-0.2, -0.15) is 5.10 Å². The number of thiophene rings is 1. The van der Waals surface area contributed by atoms with E-state index in [4.69, 9.17) is 9.73 Å². The van der Waals surface area contributed by atoms with Crippen molar-refractivity contribution in [2.24, 2.45) is 4.99 Å². The zero-order chi connectivity index (χ0) is 21.3. The third-order valence-corrected chi connectivity index (χ3v) is 6.20. The number of benzene rings is 1. The van der Waals surface area contributed by atoms with Crippen molar-refractivity contribution in [2.75, 3.05) is 39.4 Å². The Balaban J connectivity index is 1.40. The van der Waals surface area contributed by atoms with E-state index in [9.17, 15) is 0 Å². The van der Waals surface area contributed by atoms with Crippen molar-refractivity contribution in [1.82, 2.24) is 25.3 Å². The third-order valence-electron chi connectivity index (χ3n) is 5.23. The summed E-state index contributed by atoms with van der Waals surface area (Å²) in [5.74, 6) is 0.812. The molecule has 1 aliphatic heterocycles. The lowest BCUT2D eigenvalue weighted by Gasteiger charge is -2.34. The lowest BCUT2D eigenvalue weighted by molar-refractivity contribution is 0.0177. The van der Waals surface area contributed by atoms with Crippen molar-refractivity contribution < 1.29 is 4.74 Å². The number of hydrogen-bond acceptors (Lipinski definition) is 5. The minimum absolute atomic E-state index is 0.310. The monoisotopic (exact) mass is 438 g/mol. The number of guanidine groups is 1. The Morgan fingerprint density at radius 1 is 1.13 bits per heavy atom. The van der Waals surface area contributed by atoms with Crippen molar-refractivity contribution >= 4 is 17.3 Å². The van der Waals surface area contributed by atoms with Crippen LogP contribution in [0.1, 0.15) is 23.5 Å². The van der Waals surface area contributed by atoms with Gasteiger partial charge >= 0.3 is 0 Å². The molecule has 1 saturated heterocycles. The number of hydrogen-bond donors (Lipinski definition) is 2. The summed E-state index contributed by atoms with van der Waals surface area (Å²) in [7, 11) is 0. The summed E-state index contributed by atoms with van der Waals surface area (Å²) in [5, 5.41) is 13.7. The maximum absolute atomic E-state index is 5.55. The first-order valence-corrected chi connectivity index (χ1v) is 11.7. The van der Waals surface area contributed by atoms with Gasteiger partial charge in [0.15, 0.2) is 5.96 Å². The molecule has 4 rings (SSSR count). The van der Waals surface area contributed by atoms with Gasteiger partial charge in [-0.1, -0.05) is 24.3 Å². The molecule has 7 nitrogen and oxygen atoms in total. The second-order valence-corrected chi connectivity index (χ2v) is 8.32. The number of aliphatic imine (C=N–C) groups is 1. The van der Waals surface area contributed by atoms with Crippen molar-refractivity contribution in [3.8, 4) is 5.69 Å². The molecule has 3 aromatic rings. The molecule has 0 bridgehead atoms. The van der Waals surface area contributed by atoms with Crippen LogP contribution in [0.4, 0.5) is 0 Å². The molecular formula is C23H30N6OS. The summed E-state index contributed by atoms with van der Waals surface area (Å²) in [4.78, 5) is 8.63. The van der Waals surface area contributed by atoms with Crippen molar-refractivity contribution in [1.29, 1.82) is 0 Å². The Labute approximate surface area is 187 Å². The number of ether oxygens (including phenoxy) is 1. The summed E-state index contributed by atoms with van der Waals surface area (Å²) in [6.45, 7) is 7.71. The SMILES string of the molecule is CCNC(=NCc1ccn(-c2ccccc2)n1)NCC(c1cccs1)N1CCOCC1. The number of aromatic nitrogens is 2. The summed E-state index contributed by atoms with van der Waals surface area (Å²) < 4.78 is 7.43. The lowest BCUT2D eigenvalue weighted by atomic mass is 10.2. The fourth-order valence-electron chi connectivity index (χ4n) is 3.65. The molecule has 0 aliphatic carbocycles. The van der Waals surface area contributed by atoms with Gasteiger partial charge in [0, 0.05) is 37.3 Å². The Bertz CT molecular complexity index is 934. The Kier molecular flexibility index (Phi) is 7.71. The lowest BCUT2D eigenvalue weighted by Crippen LogP contribution is -2.46. The highest BCUT2D eigenvalue weighted by molar-refractivity contribution is 7.10. The van der Waals surface area contributed by atoms with Gasteiger partial charge in [-0.15, -0.1) is 11.3 Å². The molecule has 164 valence electrons. The summed E-state index contributed by atoms with van der Waals surface area (Å²) in [5.41, 5.74) is 1.98. The van der Waals surface area contributed by atoms with Crippen LogP contribution in [0.25, 0.3) is 5.69 Å². The molecule has 8 heteroatoms. The normalized spacial score (nSPS) is 16.2. The van der Waals surface area contributed by atoms with Gasteiger partial charge in [-0.05, 0) is 36.6 Å². The van der Waals surface area contributed by atoms with Gasteiger partial charge in [0.2, 0.25) is 0 Å². The molecule has 0 amide bonds. The van der Waals surface area contributed by atoms with E-state index in [0.717, 1.165) is 56.7 Å². The molecule has 31 heavy (non-hydrogen) atoms. The number of morpholine rings is 1. The van der Waals surface area contributed by atoms with E-state index in [1.807, 2.05) is 47.3 Å². The minimum atomic E-state index is 0.310. The van der Waals surface area contributed by atoms with Gasteiger partial charge in [0.1, 0.15) is 0 Å². The molecule has 1 aromatic carbocycles. The topological polar surface area (TPSA) is 66.7 Å². The summed E-state index contributed by atoms with van der Waals surface area (Å²) in [6.07, 6.45) is 1.98. The average molecular weight is 439 g/mol. The Morgan fingerprint density at radius 2 is 1.97 bits per heavy atom. The zero-order valence-electron chi connectivity index (χ0n) is 17.9. The Morgan fingerprint density at radius 3 is 2.71 bits per heavy atom. The zero-order valence-corrected chi connectivity index (χ0v) is 18.7. The second-order valence-electron chi connectivity index (χ2n) is 7.34. The van der Waals surface area contributed by atoms with E-state index in [2.05, 4.69) is 45.1 Å². The fraction of sp³-hybridized carbons (Fsp3) is 0.391. The fourth-order valence-corrected chi connectivity index (χ4v) is 4.51. The van der Waals surface area contributed by atoms with Crippen molar-refractivity contribution in [3.63, 3.8) is 0 Å². The minimum Gasteiger partial charge on any atom is -0.379 e. The van der Waals surface area contributed by atoms with Gasteiger partial charge in [0.25, 0.3) is 0 Å². The van der Waals surface area contributed by atoms with Gasteiger partial charge in [-0.3, -0.25) is 4.90 Å². The van der Waals surface area contributed by atoms with E-state index in [0.29, 0.717) is 12.6 Å². The molecule has 0 radical (unpaired) electrons. The first kappa shape index (κ1) is 21.5. The highest BCUT2D eigenvalue weighted by Crippen LogP contribution is 2.25. The molecule has 2 aromatic heterocycles. The number of nitrogens with zero attached hydrogens (tertiary/aromatic N) is 4. The van der Waals surface area contributed by atoms with E-state index in [1.165, 1.54) is 4.88 Å². The number of rotatable bonds is 8. The van der Waals surface area contributed by atoms with Crippen LogP contribution in [-0.4, -0.2) is 60.0 Å². The van der Waals surface area contributed by atoms with E-state index in [1.54, 1.807) is 11.3 Å². The predicted octanol–water partition coefficient (Wildman–Crippen LogP) is 3.06. The quantitative estimate of drug-likeness (QED) is 0.418. The largest absolute Gasteiger partial charge is 0.379 e. The molecule has 0 spiro atoms. The number of nitrogens with one attached hydrogen (secondary N) is 2. The van der Waals surface area contributed by atoms with Crippen molar-refractivity contribution in [2.45, 2.75) is 19.5 Å². The average Bonchev–Trinajstić information content (AvgIpc) is 3.52. The number of para-hydroxylation sites is 1. The molecule has 1 fully saturated rings. The van der Waals surface area contributed by atoms with Crippen LogP contribution in [0, 0.1) is 0 Å². The highest BCUT2D eigenvalue weighted by Gasteiger charge is 2.23. The highest BCUT2D eigenvalue weighted by atomic mass is 32.1. The van der Waals surface area contributed by atoms with E-state index in [-0.39, 0.29) is 0 Å². The van der Waals surface area contributed by atoms with Gasteiger partial charge < -0.3 is 15.4 Å². The van der Waals surface area contributed by atoms with Crippen LogP contribution in [-0.2, 0) is 11.3 Å².